The van der Waals surface area contributed by atoms with Crippen LogP contribution in [0, 0.1) is 0 Å². The number of alkyl halides is 3. The molecule has 2 aliphatic rings. The van der Waals surface area contributed by atoms with Gasteiger partial charge in [-0.05, 0) is 30.5 Å². The molecule has 12 nitrogen and oxygen atoms in total. The van der Waals surface area contributed by atoms with E-state index in [9.17, 15) is 37.7 Å². The van der Waals surface area contributed by atoms with Gasteiger partial charge in [0.05, 0.1) is 18.6 Å². The molecule has 2 aromatic rings. The number of anilines is 1. The lowest BCUT2D eigenvalue weighted by Gasteiger charge is -2.35. The molecule has 1 aliphatic carbocycles. The Labute approximate surface area is 213 Å². The lowest BCUT2D eigenvalue weighted by Crippen LogP contribution is -2.52. The average molecular weight is 575 g/mol. The van der Waals surface area contributed by atoms with Crippen molar-refractivity contribution in [2.24, 2.45) is 0 Å². The van der Waals surface area contributed by atoms with Crippen molar-refractivity contribution in [3.05, 3.63) is 17.5 Å². The zero-order chi connectivity index (χ0) is 27.2. The third-order valence-corrected chi connectivity index (χ3v) is 8.21. The molecule has 5 atom stereocenters. The van der Waals surface area contributed by atoms with Crippen LogP contribution in [0.2, 0.25) is 5.28 Å². The van der Waals surface area contributed by atoms with Gasteiger partial charge < -0.3 is 44.1 Å². The Hall–Kier alpha value is -1.55. The summed E-state index contributed by atoms with van der Waals surface area (Å²) in [6.45, 7) is -2.63. The van der Waals surface area contributed by atoms with E-state index in [0.717, 1.165) is 32.8 Å². The topological polar surface area (TPSA) is 168 Å². The van der Waals surface area contributed by atoms with Gasteiger partial charge in [0, 0.05) is 19.3 Å². The Kier molecular flexibility index (Phi) is 8.11. The van der Waals surface area contributed by atoms with Gasteiger partial charge in [-0.3, -0.25) is 4.57 Å². The van der Waals surface area contributed by atoms with E-state index >= 15 is 0 Å². The SMILES string of the molecule is COCC(OC[C@H]1O[C@@H](n2ccc3c(NC4CCCC4)nc(Cl)nc32)[C@H](O)[C@@H]1O)(C(F)(F)F)P(=O)(O)O. The molecular formula is C20H27ClF3N4O8P. The Balaban J connectivity index is 1.58. The first kappa shape index (κ1) is 28.5. The van der Waals surface area contributed by atoms with Crippen molar-refractivity contribution < 1.29 is 51.9 Å². The van der Waals surface area contributed by atoms with Crippen LogP contribution in [0.5, 0.6) is 0 Å². The minimum Gasteiger partial charge on any atom is -0.387 e. The quantitative estimate of drug-likeness (QED) is 0.220. The Morgan fingerprint density at radius 2 is 1.92 bits per heavy atom. The van der Waals surface area contributed by atoms with Crippen molar-refractivity contribution >= 4 is 36.0 Å². The van der Waals surface area contributed by atoms with Crippen molar-refractivity contribution in [1.29, 1.82) is 0 Å². The monoisotopic (exact) mass is 574 g/mol. The highest BCUT2D eigenvalue weighted by Crippen LogP contribution is 2.59. The molecule has 0 amide bonds. The summed E-state index contributed by atoms with van der Waals surface area (Å²) in [5.74, 6) is 0.463. The number of aliphatic hydroxyl groups is 2. The normalized spacial score (nSPS) is 27.2. The maximum absolute atomic E-state index is 13.7. The first-order chi connectivity index (χ1) is 17.3. The fourth-order valence-electron chi connectivity index (χ4n) is 4.64. The van der Waals surface area contributed by atoms with Gasteiger partial charge in [-0.25, -0.2) is 4.98 Å². The number of methoxy groups -OCH3 is 1. The van der Waals surface area contributed by atoms with Gasteiger partial charge in [-0.15, -0.1) is 0 Å². The summed E-state index contributed by atoms with van der Waals surface area (Å²) in [6, 6.07) is 1.83. The van der Waals surface area contributed by atoms with E-state index in [-0.39, 0.29) is 17.0 Å². The highest BCUT2D eigenvalue weighted by molar-refractivity contribution is 7.53. The maximum atomic E-state index is 13.7. The molecule has 3 heterocycles. The predicted molar refractivity (Wildman–Crippen MR) is 123 cm³/mol. The van der Waals surface area contributed by atoms with Gasteiger partial charge >= 0.3 is 13.8 Å². The van der Waals surface area contributed by atoms with E-state index in [1.165, 1.54) is 10.8 Å². The molecular weight excluding hydrogens is 548 g/mol. The van der Waals surface area contributed by atoms with Crippen LogP contribution >= 0.6 is 19.2 Å². The van der Waals surface area contributed by atoms with E-state index in [0.29, 0.717) is 11.2 Å². The molecule has 37 heavy (non-hydrogen) atoms. The van der Waals surface area contributed by atoms with E-state index in [1.54, 1.807) is 6.07 Å². The first-order valence-electron chi connectivity index (χ1n) is 11.4. The van der Waals surface area contributed by atoms with Crippen LogP contribution in [0.1, 0.15) is 31.9 Å². The Morgan fingerprint density at radius 3 is 2.51 bits per heavy atom. The second-order valence-corrected chi connectivity index (χ2v) is 11.2. The summed E-state index contributed by atoms with van der Waals surface area (Å²) in [6.07, 6.45) is -6.31. The maximum Gasteiger partial charge on any atom is 0.431 e. The molecule has 0 aromatic carbocycles. The lowest BCUT2D eigenvalue weighted by atomic mass is 10.1. The molecule has 208 valence electrons. The molecule has 1 saturated heterocycles. The zero-order valence-electron chi connectivity index (χ0n) is 19.5. The Morgan fingerprint density at radius 1 is 1.24 bits per heavy atom. The number of nitrogens with one attached hydrogen (secondary N) is 1. The third-order valence-electron chi connectivity index (χ3n) is 6.59. The molecule has 17 heteroatoms. The van der Waals surface area contributed by atoms with Crippen LogP contribution in [0.3, 0.4) is 0 Å². The van der Waals surface area contributed by atoms with Crippen LogP contribution in [-0.2, 0) is 18.8 Å². The molecule has 1 aliphatic heterocycles. The number of nitrogens with zero attached hydrogens (tertiary/aromatic N) is 3. The molecule has 0 bridgehead atoms. The minimum atomic E-state index is -5.97. The molecule has 5 N–H and O–H groups in total. The standard InChI is InChI=1S/C20H27ClF3N4O8P/c1-34-9-19(20(22,23)24,37(31,32)33)35-8-12-13(29)14(30)17(36-12)28-7-6-11-15(25-10-4-2-3-5-10)26-18(21)27-16(11)28/h6-7,10,12-14,17,29-30H,2-5,8-9H2,1H3,(H,25,26,27)(H2,31,32,33)/t12-,13-,14-,17-,19?/m1/s1. The van der Waals surface area contributed by atoms with Crippen molar-refractivity contribution in [2.45, 2.75) is 67.8 Å². The summed E-state index contributed by atoms with van der Waals surface area (Å²) in [5, 5.41) is 20.9. The molecule has 1 saturated carbocycles. The van der Waals surface area contributed by atoms with E-state index in [2.05, 4.69) is 20.0 Å². The Bertz CT molecular complexity index is 1160. The van der Waals surface area contributed by atoms with E-state index in [4.69, 9.17) is 21.1 Å². The van der Waals surface area contributed by atoms with Crippen LogP contribution in [-0.4, -0.2) is 90.7 Å². The van der Waals surface area contributed by atoms with Crippen LogP contribution < -0.4 is 5.32 Å². The van der Waals surface area contributed by atoms with Gasteiger partial charge in [0.2, 0.25) is 5.28 Å². The fourth-order valence-corrected chi connectivity index (χ4v) is 5.67. The zero-order valence-corrected chi connectivity index (χ0v) is 21.2. The number of rotatable bonds is 9. The number of hydrogen-bond acceptors (Lipinski definition) is 9. The largest absolute Gasteiger partial charge is 0.431 e. The molecule has 0 radical (unpaired) electrons. The summed E-state index contributed by atoms with van der Waals surface area (Å²) < 4.78 is 69.0. The second-order valence-electron chi connectivity index (χ2n) is 9.04. The average Bonchev–Trinajstić information content (AvgIpc) is 3.51. The molecule has 1 unspecified atom stereocenters. The first-order valence-corrected chi connectivity index (χ1v) is 13.4. The summed E-state index contributed by atoms with van der Waals surface area (Å²) >= 11 is 6.11. The highest BCUT2D eigenvalue weighted by Gasteiger charge is 2.68. The van der Waals surface area contributed by atoms with Gasteiger partial charge in [0.1, 0.15) is 29.8 Å². The number of ether oxygens (including phenoxy) is 3. The number of aromatic nitrogens is 3. The van der Waals surface area contributed by atoms with Crippen molar-refractivity contribution in [3.8, 4) is 0 Å². The van der Waals surface area contributed by atoms with Gasteiger partial charge in [0.25, 0.3) is 5.34 Å². The smallest absolute Gasteiger partial charge is 0.387 e. The van der Waals surface area contributed by atoms with Crippen molar-refractivity contribution in [1.82, 2.24) is 14.5 Å². The number of hydrogen-bond donors (Lipinski definition) is 5. The fraction of sp³-hybridized carbons (Fsp3) is 0.700. The van der Waals surface area contributed by atoms with Gasteiger partial charge in [0.15, 0.2) is 6.23 Å². The molecule has 2 fully saturated rings. The van der Waals surface area contributed by atoms with E-state index in [1.807, 2.05) is 0 Å². The predicted octanol–water partition coefficient (Wildman–Crippen LogP) is 2.16. The molecule has 4 rings (SSSR count). The third kappa shape index (κ3) is 5.34. The summed E-state index contributed by atoms with van der Waals surface area (Å²) in [7, 11) is -5.15. The highest BCUT2D eigenvalue weighted by atomic mass is 35.5. The van der Waals surface area contributed by atoms with E-state index < -0.39 is 56.9 Å². The number of halogens is 4. The lowest BCUT2D eigenvalue weighted by molar-refractivity contribution is -0.267. The second kappa shape index (κ2) is 10.5. The molecule has 2 aromatic heterocycles. The van der Waals surface area contributed by atoms with Gasteiger partial charge in [-0.2, -0.15) is 18.2 Å². The van der Waals surface area contributed by atoms with Gasteiger partial charge in [-0.1, -0.05) is 12.8 Å². The van der Waals surface area contributed by atoms with Crippen molar-refractivity contribution in [3.63, 3.8) is 0 Å². The molecule has 0 spiro atoms. The minimum absolute atomic E-state index is 0.1000. The number of fused-ring (bicyclic) bond motifs is 1. The number of aliphatic hydroxyl groups excluding tert-OH is 2. The van der Waals surface area contributed by atoms with Crippen LogP contribution in [0.25, 0.3) is 11.0 Å². The van der Waals surface area contributed by atoms with Crippen LogP contribution in [0.4, 0.5) is 19.0 Å². The summed E-state index contributed by atoms with van der Waals surface area (Å²) in [5.41, 5.74) is 0.234. The summed E-state index contributed by atoms with van der Waals surface area (Å²) in [4.78, 5) is 27.3. The van der Waals surface area contributed by atoms with Crippen LogP contribution in [0.15, 0.2) is 12.3 Å². The van der Waals surface area contributed by atoms with Crippen molar-refractivity contribution in [2.75, 3.05) is 25.6 Å².